The molecule has 0 aliphatic rings. The molecular formula is C12H14ClF2NO2. The predicted octanol–water partition coefficient (Wildman–Crippen LogP) is 3.59. The summed E-state index contributed by atoms with van der Waals surface area (Å²) >= 11 is 5.45. The first-order chi connectivity index (χ1) is 8.58. The highest BCUT2D eigenvalue weighted by molar-refractivity contribution is 6.18. The molecule has 0 aliphatic heterocycles. The fraction of sp³-hybridized carbons (Fsp3) is 0.417. The van der Waals surface area contributed by atoms with Crippen LogP contribution in [0.2, 0.25) is 0 Å². The van der Waals surface area contributed by atoms with Crippen molar-refractivity contribution in [3.8, 4) is 5.75 Å². The number of carbonyl (C=O) groups is 1. The van der Waals surface area contributed by atoms with Gasteiger partial charge in [-0.3, -0.25) is 4.79 Å². The second-order valence-corrected chi connectivity index (χ2v) is 3.97. The topological polar surface area (TPSA) is 38.3 Å². The van der Waals surface area contributed by atoms with Crippen molar-refractivity contribution >= 4 is 23.2 Å². The largest absolute Gasteiger partial charge is 0.497 e. The zero-order chi connectivity index (χ0) is 13.5. The maximum absolute atomic E-state index is 12.8. The van der Waals surface area contributed by atoms with Crippen LogP contribution in [0, 0.1) is 0 Å². The van der Waals surface area contributed by atoms with E-state index in [1.807, 2.05) is 0 Å². The number of hydrogen-bond acceptors (Lipinski definition) is 2. The van der Waals surface area contributed by atoms with Crippen LogP contribution in [0.25, 0.3) is 0 Å². The monoisotopic (exact) mass is 277 g/mol. The van der Waals surface area contributed by atoms with Crippen molar-refractivity contribution in [3.05, 3.63) is 23.8 Å². The Labute approximate surface area is 109 Å². The van der Waals surface area contributed by atoms with Crippen LogP contribution in [0.1, 0.15) is 24.8 Å². The quantitative estimate of drug-likeness (QED) is 0.807. The number of alkyl halides is 3. The van der Waals surface area contributed by atoms with Crippen LogP contribution < -0.4 is 10.1 Å². The predicted molar refractivity (Wildman–Crippen MR) is 66.5 cm³/mol. The summed E-state index contributed by atoms with van der Waals surface area (Å²) < 4.78 is 30.5. The molecule has 0 saturated heterocycles. The lowest BCUT2D eigenvalue weighted by Gasteiger charge is -2.12. The summed E-state index contributed by atoms with van der Waals surface area (Å²) in [5.41, 5.74) is -0.154. The number of halogens is 3. The van der Waals surface area contributed by atoms with Crippen molar-refractivity contribution < 1.29 is 18.3 Å². The molecule has 1 amide bonds. The van der Waals surface area contributed by atoms with E-state index in [9.17, 15) is 13.6 Å². The molecule has 0 radical (unpaired) electrons. The van der Waals surface area contributed by atoms with Crippen LogP contribution in [0.4, 0.5) is 14.5 Å². The minimum absolute atomic E-state index is 0.102. The summed E-state index contributed by atoms with van der Waals surface area (Å²) in [6.45, 7) is 0. The Bertz CT molecular complexity index is 413. The Kier molecular flexibility index (Phi) is 5.85. The molecule has 0 saturated carbocycles. The van der Waals surface area contributed by atoms with Gasteiger partial charge in [0.2, 0.25) is 5.91 Å². The highest BCUT2D eigenvalue weighted by atomic mass is 35.5. The van der Waals surface area contributed by atoms with Gasteiger partial charge in [-0.05, 0) is 24.6 Å². The first kappa shape index (κ1) is 14.7. The van der Waals surface area contributed by atoms with Gasteiger partial charge in [0, 0.05) is 23.6 Å². The van der Waals surface area contributed by atoms with Crippen molar-refractivity contribution in [2.45, 2.75) is 19.3 Å². The third-order valence-corrected chi connectivity index (χ3v) is 2.57. The molecule has 1 aromatic carbocycles. The number of amides is 1. The lowest BCUT2D eigenvalue weighted by Crippen LogP contribution is -2.13. The van der Waals surface area contributed by atoms with Crippen LogP contribution in [0.3, 0.4) is 0 Å². The number of ether oxygens (including phenoxy) is 1. The van der Waals surface area contributed by atoms with Gasteiger partial charge < -0.3 is 10.1 Å². The van der Waals surface area contributed by atoms with Crippen molar-refractivity contribution in [2.24, 2.45) is 0 Å². The van der Waals surface area contributed by atoms with E-state index < -0.39 is 6.43 Å². The SMILES string of the molecule is COc1ccc(NC(=O)CCCCl)c(C(F)F)c1. The second-order valence-electron chi connectivity index (χ2n) is 3.59. The molecule has 0 atom stereocenters. The van der Waals surface area contributed by atoms with E-state index in [4.69, 9.17) is 16.3 Å². The molecule has 100 valence electrons. The molecule has 0 heterocycles. The molecule has 0 fully saturated rings. The van der Waals surface area contributed by atoms with Crippen LogP contribution in [0.15, 0.2) is 18.2 Å². The third-order valence-electron chi connectivity index (χ3n) is 2.31. The standard InChI is InChI=1S/C12H14ClF2NO2/c1-18-8-4-5-10(9(7-8)12(14)15)16-11(17)3-2-6-13/h4-5,7,12H,2-3,6H2,1H3,(H,16,17). The normalized spacial score (nSPS) is 10.5. The molecule has 1 aromatic rings. The van der Waals surface area contributed by atoms with E-state index in [0.717, 1.165) is 0 Å². The summed E-state index contributed by atoms with van der Waals surface area (Å²) in [5.74, 6) is 0.351. The molecule has 0 aliphatic carbocycles. The third kappa shape index (κ3) is 4.14. The Hall–Kier alpha value is -1.36. The fourth-order valence-corrected chi connectivity index (χ4v) is 1.54. The van der Waals surface area contributed by atoms with Gasteiger partial charge in [0.05, 0.1) is 7.11 Å². The molecule has 0 aromatic heterocycles. The molecule has 0 spiro atoms. The van der Waals surface area contributed by atoms with Gasteiger partial charge in [0.25, 0.3) is 6.43 Å². The average molecular weight is 278 g/mol. The van der Waals surface area contributed by atoms with Gasteiger partial charge in [0.1, 0.15) is 5.75 Å². The summed E-state index contributed by atoms with van der Waals surface area (Å²) in [4.78, 5) is 11.5. The maximum Gasteiger partial charge on any atom is 0.265 e. The zero-order valence-electron chi connectivity index (χ0n) is 9.88. The Morgan fingerprint density at radius 2 is 2.22 bits per heavy atom. The molecule has 0 unspecified atom stereocenters. The molecule has 1 N–H and O–H groups in total. The van der Waals surface area contributed by atoms with E-state index in [-0.39, 0.29) is 23.6 Å². The molecular weight excluding hydrogens is 264 g/mol. The lowest BCUT2D eigenvalue weighted by atomic mass is 10.1. The Morgan fingerprint density at radius 1 is 1.50 bits per heavy atom. The van der Waals surface area contributed by atoms with Crippen molar-refractivity contribution in [3.63, 3.8) is 0 Å². The number of hydrogen-bond donors (Lipinski definition) is 1. The van der Waals surface area contributed by atoms with E-state index in [0.29, 0.717) is 18.1 Å². The first-order valence-electron chi connectivity index (χ1n) is 5.40. The number of benzene rings is 1. The van der Waals surface area contributed by atoms with Crippen molar-refractivity contribution in [1.82, 2.24) is 0 Å². The summed E-state index contributed by atoms with van der Waals surface area (Å²) in [6, 6.07) is 4.13. The maximum atomic E-state index is 12.8. The van der Waals surface area contributed by atoms with Gasteiger partial charge in [-0.2, -0.15) is 0 Å². The second kappa shape index (κ2) is 7.16. The van der Waals surface area contributed by atoms with E-state index in [1.165, 1.54) is 25.3 Å². The number of methoxy groups -OCH3 is 1. The molecule has 6 heteroatoms. The van der Waals surface area contributed by atoms with Crippen LogP contribution in [-0.4, -0.2) is 18.9 Å². The van der Waals surface area contributed by atoms with Crippen molar-refractivity contribution in [1.29, 1.82) is 0 Å². The van der Waals surface area contributed by atoms with Gasteiger partial charge in [-0.1, -0.05) is 0 Å². The molecule has 0 bridgehead atoms. The number of nitrogens with one attached hydrogen (secondary N) is 1. The molecule has 3 nitrogen and oxygen atoms in total. The molecule has 1 rings (SSSR count). The minimum Gasteiger partial charge on any atom is -0.497 e. The van der Waals surface area contributed by atoms with Crippen molar-refractivity contribution in [2.75, 3.05) is 18.3 Å². The zero-order valence-corrected chi connectivity index (χ0v) is 10.6. The molecule has 18 heavy (non-hydrogen) atoms. The minimum atomic E-state index is -2.68. The summed E-state index contributed by atoms with van der Waals surface area (Å²) in [6.07, 6.45) is -1.96. The van der Waals surface area contributed by atoms with Crippen LogP contribution in [-0.2, 0) is 4.79 Å². The number of rotatable bonds is 6. The summed E-state index contributed by atoms with van der Waals surface area (Å²) in [7, 11) is 1.39. The average Bonchev–Trinajstić information content (AvgIpc) is 2.36. The first-order valence-corrected chi connectivity index (χ1v) is 5.93. The fourth-order valence-electron chi connectivity index (χ4n) is 1.40. The van der Waals surface area contributed by atoms with Gasteiger partial charge in [-0.25, -0.2) is 8.78 Å². The van der Waals surface area contributed by atoms with Gasteiger partial charge in [0.15, 0.2) is 0 Å². The van der Waals surface area contributed by atoms with Crippen LogP contribution >= 0.6 is 11.6 Å². The highest BCUT2D eigenvalue weighted by Crippen LogP contribution is 2.30. The number of carbonyl (C=O) groups excluding carboxylic acids is 1. The Balaban J connectivity index is 2.84. The van der Waals surface area contributed by atoms with E-state index in [2.05, 4.69) is 5.32 Å². The summed E-state index contributed by atoms with van der Waals surface area (Å²) in [5, 5.41) is 2.44. The van der Waals surface area contributed by atoms with E-state index >= 15 is 0 Å². The smallest absolute Gasteiger partial charge is 0.265 e. The van der Waals surface area contributed by atoms with Gasteiger partial charge >= 0.3 is 0 Å². The number of anilines is 1. The van der Waals surface area contributed by atoms with Crippen LogP contribution in [0.5, 0.6) is 5.75 Å². The van der Waals surface area contributed by atoms with E-state index in [1.54, 1.807) is 0 Å². The lowest BCUT2D eigenvalue weighted by molar-refractivity contribution is -0.116. The highest BCUT2D eigenvalue weighted by Gasteiger charge is 2.15. The van der Waals surface area contributed by atoms with Gasteiger partial charge in [-0.15, -0.1) is 11.6 Å². The Morgan fingerprint density at radius 3 is 2.78 bits per heavy atom.